The number of benzene rings is 2. The van der Waals surface area contributed by atoms with Crippen molar-refractivity contribution in [2.45, 2.75) is 31.5 Å². The van der Waals surface area contributed by atoms with E-state index in [4.69, 9.17) is 4.74 Å². The van der Waals surface area contributed by atoms with Gasteiger partial charge in [-0.1, -0.05) is 60.7 Å². The summed E-state index contributed by atoms with van der Waals surface area (Å²) < 4.78 is 5.23. The molecule has 0 aliphatic carbocycles. The molecule has 1 saturated heterocycles. The number of carbonyl (C=O) groups is 3. The summed E-state index contributed by atoms with van der Waals surface area (Å²) >= 11 is 0. The fourth-order valence-corrected chi connectivity index (χ4v) is 3.27. The summed E-state index contributed by atoms with van der Waals surface area (Å²) in [5.74, 6) is -1.49. The second-order valence-electron chi connectivity index (χ2n) is 6.58. The zero-order chi connectivity index (χ0) is 19.9. The first-order chi connectivity index (χ1) is 13.6. The van der Waals surface area contributed by atoms with Gasteiger partial charge in [0.15, 0.2) is 0 Å². The zero-order valence-corrected chi connectivity index (χ0v) is 15.3. The predicted octanol–water partition coefficient (Wildman–Crippen LogP) is 2.73. The molecular formula is C21H22N2O5. The SMILES string of the molecule is O=C(N[C@H](C(=O)N1CCC[C@H]1C(=O)O)c1ccccc1)OCc1ccccc1. The molecule has 0 saturated carbocycles. The number of carbonyl (C=O) groups excluding carboxylic acids is 2. The molecule has 2 amide bonds. The fraction of sp³-hybridized carbons (Fsp3) is 0.286. The molecule has 1 fully saturated rings. The van der Waals surface area contributed by atoms with Gasteiger partial charge >= 0.3 is 12.1 Å². The van der Waals surface area contributed by atoms with Crippen LogP contribution in [0.3, 0.4) is 0 Å². The van der Waals surface area contributed by atoms with E-state index in [9.17, 15) is 19.5 Å². The molecule has 146 valence electrons. The maximum atomic E-state index is 13.1. The van der Waals surface area contributed by atoms with Gasteiger partial charge in [-0.3, -0.25) is 4.79 Å². The summed E-state index contributed by atoms with van der Waals surface area (Å²) in [6.45, 7) is 0.420. The third kappa shape index (κ3) is 4.68. The molecule has 3 rings (SSSR count). The number of likely N-dealkylation sites (tertiary alicyclic amines) is 1. The molecule has 1 heterocycles. The van der Waals surface area contributed by atoms with E-state index in [0.717, 1.165) is 5.56 Å². The monoisotopic (exact) mass is 382 g/mol. The molecule has 7 nitrogen and oxygen atoms in total. The van der Waals surface area contributed by atoms with Crippen molar-refractivity contribution in [3.8, 4) is 0 Å². The highest BCUT2D eigenvalue weighted by atomic mass is 16.5. The minimum Gasteiger partial charge on any atom is -0.480 e. The highest BCUT2D eigenvalue weighted by Gasteiger charge is 2.38. The van der Waals surface area contributed by atoms with Crippen LogP contribution in [0.1, 0.15) is 30.0 Å². The first kappa shape index (κ1) is 19.4. The standard InChI is InChI=1S/C21H22N2O5/c24-19(23-13-7-12-17(23)20(25)26)18(16-10-5-2-6-11-16)22-21(27)28-14-15-8-3-1-4-9-15/h1-6,8-11,17-18H,7,12-14H2,(H,22,27)(H,25,26)/t17-,18-/m0/s1. The van der Waals surface area contributed by atoms with Crippen LogP contribution in [0, 0.1) is 0 Å². The quantitative estimate of drug-likeness (QED) is 0.801. The average molecular weight is 382 g/mol. The molecule has 0 spiro atoms. The first-order valence-electron chi connectivity index (χ1n) is 9.11. The van der Waals surface area contributed by atoms with E-state index in [1.54, 1.807) is 30.3 Å². The molecule has 7 heteroatoms. The minimum absolute atomic E-state index is 0.0733. The number of carboxylic acid groups (broad SMARTS) is 1. The highest BCUT2D eigenvalue weighted by Crippen LogP contribution is 2.24. The van der Waals surface area contributed by atoms with Gasteiger partial charge in [0, 0.05) is 6.54 Å². The zero-order valence-electron chi connectivity index (χ0n) is 15.3. The molecule has 2 atom stereocenters. The van der Waals surface area contributed by atoms with Crippen molar-refractivity contribution in [3.63, 3.8) is 0 Å². The van der Waals surface area contributed by atoms with Gasteiger partial charge in [0.25, 0.3) is 5.91 Å². The number of aliphatic carboxylic acids is 1. The largest absolute Gasteiger partial charge is 0.480 e. The summed E-state index contributed by atoms with van der Waals surface area (Å²) in [6.07, 6.45) is 0.279. The van der Waals surface area contributed by atoms with Crippen molar-refractivity contribution in [2.24, 2.45) is 0 Å². The molecular weight excluding hydrogens is 360 g/mol. The van der Waals surface area contributed by atoms with Crippen LogP contribution in [-0.2, 0) is 20.9 Å². The van der Waals surface area contributed by atoms with Gasteiger partial charge in [-0.15, -0.1) is 0 Å². The second-order valence-corrected chi connectivity index (χ2v) is 6.58. The Hall–Kier alpha value is -3.35. The van der Waals surface area contributed by atoms with Crippen molar-refractivity contribution in [3.05, 3.63) is 71.8 Å². The number of amides is 2. The lowest BCUT2D eigenvalue weighted by Crippen LogP contribution is -2.47. The summed E-state index contributed by atoms with van der Waals surface area (Å²) in [5.41, 5.74) is 1.39. The van der Waals surface area contributed by atoms with Crippen molar-refractivity contribution >= 4 is 18.0 Å². The number of rotatable bonds is 6. The van der Waals surface area contributed by atoms with E-state index in [-0.39, 0.29) is 6.61 Å². The molecule has 28 heavy (non-hydrogen) atoms. The maximum absolute atomic E-state index is 13.1. The van der Waals surface area contributed by atoms with Gasteiger partial charge < -0.3 is 20.1 Å². The van der Waals surface area contributed by atoms with Crippen molar-refractivity contribution < 1.29 is 24.2 Å². The van der Waals surface area contributed by atoms with Crippen LogP contribution in [0.4, 0.5) is 4.79 Å². The molecule has 0 unspecified atom stereocenters. The van der Waals surface area contributed by atoms with Crippen LogP contribution in [0.15, 0.2) is 60.7 Å². The first-order valence-corrected chi connectivity index (χ1v) is 9.11. The van der Waals surface area contributed by atoms with Crippen LogP contribution in [-0.4, -0.2) is 40.6 Å². The Kier molecular flexibility index (Phi) is 6.26. The molecule has 0 radical (unpaired) electrons. The van der Waals surface area contributed by atoms with Gasteiger partial charge in [-0.25, -0.2) is 9.59 Å². The lowest BCUT2D eigenvalue weighted by atomic mass is 10.1. The lowest BCUT2D eigenvalue weighted by molar-refractivity contribution is -0.149. The number of hydrogen-bond acceptors (Lipinski definition) is 4. The van der Waals surface area contributed by atoms with E-state index in [2.05, 4.69) is 5.32 Å². The summed E-state index contributed by atoms with van der Waals surface area (Å²) in [4.78, 5) is 38.1. The van der Waals surface area contributed by atoms with Crippen LogP contribution >= 0.6 is 0 Å². The lowest BCUT2D eigenvalue weighted by Gasteiger charge is -2.27. The smallest absolute Gasteiger partial charge is 0.408 e. The second kappa shape index (κ2) is 9.03. The third-order valence-corrected chi connectivity index (χ3v) is 4.68. The maximum Gasteiger partial charge on any atom is 0.408 e. The van der Waals surface area contributed by atoms with Crippen LogP contribution in [0.25, 0.3) is 0 Å². The van der Waals surface area contributed by atoms with Gasteiger partial charge in [-0.05, 0) is 24.0 Å². The number of carboxylic acids is 1. The van der Waals surface area contributed by atoms with E-state index in [1.165, 1.54) is 4.90 Å². The molecule has 1 aliphatic heterocycles. The van der Waals surface area contributed by atoms with Crippen LogP contribution < -0.4 is 5.32 Å². The third-order valence-electron chi connectivity index (χ3n) is 4.68. The number of hydrogen-bond donors (Lipinski definition) is 2. The topological polar surface area (TPSA) is 95.9 Å². The molecule has 0 aromatic heterocycles. The Balaban J connectivity index is 1.73. The summed E-state index contributed by atoms with van der Waals surface area (Å²) in [5, 5.41) is 12.0. The fourth-order valence-electron chi connectivity index (χ4n) is 3.27. The van der Waals surface area contributed by atoms with E-state index < -0.39 is 30.1 Å². The highest BCUT2D eigenvalue weighted by molar-refractivity contribution is 5.90. The van der Waals surface area contributed by atoms with Crippen molar-refractivity contribution in [1.29, 1.82) is 0 Å². The van der Waals surface area contributed by atoms with Gasteiger partial charge in [0.05, 0.1) is 0 Å². The molecule has 2 N–H and O–H groups in total. The Bertz CT molecular complexity index is 825. The Morgan fingerprint density at radius 3 is 2.36 bits per heavy atom. The number of ether oxygens (including phenoxy) is 1. The summed E-state index contributed by atoms with van der Waals surface area (Å²) in [7, 11) is 0. The van der Waals surface area contributed by atoms with Crippen LogP contribution in [0.5, 0.6) is 0 Å². The van der Waals surface area contributed by atoms with E-state index in [1.807, 2.05) is 30.3 Å². The normalized spacial score (nSPS) is 17.0. The van der Waals surface area contributed by atoms with E-state index in [0.29, 0.717) is 24.9 Å². The summed E-state index contributed by atoms with van der Waals surface area (Å²) in [6, 6.07) is 16.1. The van der Waals surface area contributed by atoms with Crippen LogP contribution in [0.2, 0.25) is 0 Å². The average Bonchev–Trinajstić information content (AvgIpc) is 3.22. The molecule has 2 aromatic rings. The van der Waals surface area contributed by atoms with Gasteiger partial charge in [-0.2, -0.15) is 0 Å². The molecule has 1 aliphatic rings. The van der Waals surface area contributed by atoms with Crippen molar-refractivity contribution in [2.75, 3.05) is 6.54 Å². The predicted molar refractivity (Wildman–Crippen MR) is 101 cm³/mol. The number of nitrogens with zero attached hydrogens (tertiary/aromatic N) is 1. The Morgan fingerprint density at radius 1 is 1.07 bits per heavy atom. The number of nitrogens with one attached hydrogen (secondary N) is 1. The van der Waals surface area contributed by atoms with Gasteiger partial charge in [0.2, 0.25) is 0 Å². The molecule has 2 aromatic carbocycles. The van der Waals surface area contributed by atoms with Gasteiger partial charge in [0.1, 0.15) is 18.7 Å². The molecule has 0 bridgehead atoms. The number of alkyl carbamates (subject to hydrolysis) is 1. The minimum atomic E-state index is -1.04. The van der Waals surface area contributed by atoms with Crippen molar-refractivity contribution in [1.82, 2.24) is 10.2 Å². The Labute approximate surface area is 162 Å². The Morgan fingerprint density at radius 2 is 1.71 bits per heavy atom. The van der Waals surface area contributed by atoms with E-state index >= 15 is 0 Å².